The van der Waals surface area contributed by atoms with Crippen molar-refractivity contribution in [1.82, 2.24) is 0 Å². The van der Waals surface area contributed by atoms with Gasteiger partial charge in [0, 0.05) is 12.8 Å². The molecule has 9 heteroatoms. The number of ketones is 2. The number of carbonyl (C=O) groups excluding carboxylic acids is 3. The van der Waals surface area contributed by atoms with Crippen molar-refractivity contribution in [3.63, 3.8) is 0 Å². The average Bonchev–Trinajstić information content (AvgIpc) is 2.75. The highest BCUT2D eigenvalue weighted by atomic mass is 19.4. The minimum atomic E-state index is -4.43. The summed E-state index contributed by atoms with van der Waals surface area (Å²) < 4.78 is 53.3. The Bertz CT molecular complexity index is 904. The minimum absolute atomic E-state index is 0.175. The number of methoxy groups -OCH3 is 1. The first-order valence-corrected chi connectivity index (χ1v) is 9.18. The van der Waals surface area contributed by atoms with Gasteiger partial charge in [0.2, 0.25) is 6.10 Å². The third-order valence-electron chi connectivity index (χ3n) is 4.13. The zero-order chi connectivity index (χ0) is 23.0. The van der Waals surface area contributed by atoms with Crippen LogP contribution in [0.5, 0.6) is 17.2 Å². The third-order valence-corrected chi connectivity index (χ3v) is 4.13. The van der Waals surface area contributed by atoms with E-state index in [-0.39, 0.29) is 24.3 Å². The standard InChI is InChI=1S/C22H20F3O6/c1-3-18(26)21(19(27)12-13-20(28)29-2)31-17-10-8-16(9-11-17)30-15-6-4-14(5-7-15)22(23,24)25/h3-11,21H,12-13H2,1-2H3. The molecule has 31 heavy (non-hydrogen) atoms. The number of rotatable bonds is 10. The fourth-order valence-corrected chi connectivity index (χ4v) is 2.46. The summed E-state index contributed by atoms with van der Waals surface area (Å²) in [5.41, 5.74) is -0.788. The van der Waals surface area contributed by atoms with Crippen molar-refractivity contribution >= 4 is 17.5 Å². The van der Waals surface area contributed by atoms with Crippen LogP contribution in [0, 0.1) is 6.42 Å². The van der Waals surface area contributed by atoms with Gasteiger partial charge in [0.1, 0.15) is 17.2 Å². The highest BCUT2D eigenvalue weighted by molar-refractivity contribution is 6.09. The summed E-state index contributed by atoms with van der Waals surface area (Å²) in [6.07, 6.45) is -5.03. The lowest BCUT2D eigenvalue weighted by Crippen LogP contribution is -2.36. The van der Waals surface area contributed by atoms with E-state index in [1.54, 1.807) is 0 Å². The van der Waals surface area contributed by atoms with Crippen LogP contribution in [-0.4, -0.2) is 30.7 Å². The molecular weight excluding hydrogens is 417 g/mol. The Labute approximate surface area is 176 Å². The number of esters is 1. The molecule has 0 aliphatic heterocycles. The number of ether oxygens (including phenoxy) is 3. The molecule has 1 unspecified atom stereocenters. The first kappa shape index (κ1) is 23.9. The third kappa shape index (κ3) is 7.13. The Kier molecular flexibility index (Phi) is 8.18. The number of hydrogen-bond donors (Lipinski definition) is 0. The largest absolute Gasteiger partial charge is 0.475 e. The van der Waals surface area contributed by atoms with Gasteiger partial charge in [-0.15, -0.1) is 0 Å². The molecule has 1 radical (unpaired) electrons. The van der Waals surface area contributed by atoms with Crippen molar-refractivity contribution in [1.29, 1.82) is 0 Å². The first-order valence-electron chi connectivity index (χ1n) is 9.18. The topological polar surface area (TPSA) is 78.9 Å². The molecule has 0 N–H and O–H groups in total. The predicted molar refractivity (Wildman–Crippen MR) is 104 cm³/mol. The first-order chi connectivity index (χ1) is 14.6. The number of alkyl halides is 3. The molecular formula is C22H20F3O6. The molecule has 6 nitrogen and oxygen atoms in total. The fourth-order valence-electron chi connectivity index (χ4n) is 2.46. The van der Waals surface area contributed by atoms with Gasteiger partial charge in [-0.3, -0.25) is 14.4 Å². The van der Waals surface area contributed by atoms with Gasteiger partial charge in [-0.25, -0.2) is 0 Å². The second-order valence-electron chi connectivity index (χ2n) is 6.33. The number of benzene rings is 2. The van der Waals surface area contributed by atoms with Crippen molar-refractivity contribution in [2.75, 3.05) is 7.11 Å². The highest BCUT2D eigenvalue weighted by Crippen LogP contribution is 2.31. The van der Waals surface area contributed by atoms with Gasteiger partial charge in [-0.1, -0.05) is 6.92 Å². The maximum Gasteiger partial charge on any atom is 0.416 e. The summed E-state index contributed by atoms with van der Waals surface area (Å²) in [5, 5.41) is 0. The molecule has 2 aromatic carbocycles. The van der Waals surface area contributed by atoms with E-state index < -0.39 is 35.4 Å². The summed E-state index contributed by atoms with van der Waals surface area (Å²) >= 11 is 0. The SMILES string of the molecule is C[CH]C(=O)C(Oc1ccc(Oc2ccc(C(F)(F)F)cc2)cc1)C(=O)CCC(=O)OC. The Hall–Kier alpha value is -3.36. The maximum atomic E-state index is 12.6. The minimum Gasteiger partial charge on any atom is -0.475 e. The number of halogens is 3. The van der Waals surface area contributed by atoms with E-state index in [4.69, 9.17) is 9.47 Å². The number of carbonyl (C=O) groups is 3. The molecule has 1 atom stereocenters. The molecule has 165 valence electrons. The summed E-state index contributed by atoms with van der Waals surface area (Å²) in [4.78, 5) is 35.6. The Morgan fingerprint density at radius 3 is 1.90 bits per heavy atom. The zero-order valence-corrected chi connectivity index (χ0v) is 16.8. The van der Waals surface area contributed by atoms with E-state index in [1.807, 2.05) is 0 Å². The lowest BCUT2D eigenvalue weighted by Gasteiger charge is -2.16. The summed E-state index contributed by atoms with van der Waals surface area (Å²) in [7, 11) is 1.19. The molecule has 0 amide bonds. The quantitative estimate of drug-likeness (QED) is 0.401. The van der Waals surface area contributed by atoms with Crippen LogP contribution < -0.4 is 9.47 Å². The number of Topliss-reactive ketones (excluding diaryl/α,β-unsaturated/α-hetero) is 2. The molecule has 0 aromatic heterocycles. The van der Waals surface area contributed by atoms with Gasteiger partial charge in [0.05, 0.1) is 19.1 Å². The molecule has 0 spiro atoms. The van der Waals surface area contributed by atoms with Crippen molar-refractivity contribution < 1.29 is 41.8 Å². The van der Waals surface area contributed by atoms with Crippen LogP contribution in [0.15, 0.2) is 48.5 Å². The normalized spacial score (nSPS) is 12.0. The van der Waals surface area contributed by atoms with Gasteiger partial charge in [-0.2, -0.15) is 13.2 Å². The van der Waals surface area contributed by atoms with E-state index in [1.165, 1.54) is 56.9 Å². The highest BCUT2D eigenvalue weighted by Gasteiger charge is 2.30. The van der Waals surface area contributed by atoms with Gasteiger partial charge in [0.15, 0.2) is 11.6 Å². The maximum absolute atomic E-state index is 12.6. The van der Waals surface area contributed by atoms with E-state index in [0.29, 0.717) is 5.75 Å². The van der Waals surface area contributed by atoms with Crippen molar-refractivity contribution in [3.05, 3.63) is 60.5 Å². The average molecular weight is 437 g/mol. The van der Waals surface area contributed by atoms with E-state index in [2.05, 4.69) is 4.74 Å². The summed E-state index contributed by atoms with van der Waals surface area (Å²) in [6.45, 7) is 1.47. The molecule has 0 saturated carbocycles. The van der Waals surface area contributed by atoms with E-state index in [9.17, 15) is 27.6 Å². The summed E-state index contributed by atoms with van der Waals surface area (Å²) in [6, 6.07) is 10.0. The molecule has 0 aliphatic carbocycles. The van der Waals surface area contributed by atoms with Gasteiger partial charge >= 0.3 is 12.1 Å². The van der Waals surface area contributed by atoms with Crippen molar-refractivity contribution in [3.8, 4) is 17.2 Å². The van der Waals surface area contributed by atoms with Crippen LogP contribution in [0.3, 0.4) is 0 Å². The Morgan fingerprint density at radius 2 is 1.42 bits per heavy atom. The van der Waals surface area contributed by atoms with Gasteiger partial charge in [0.25, 0.3) is 0 Å². The molecule has 0 heterocycles. The number of hydrogen-bond acceptors (Lipinski definition) is 6. The van der Waals surface area contributed by atoms with E-state index >= 15 is 0 Å². The molecule has 0 saturated heterocycles. The lowest BCUT2D eigenvalue weighted by atomic mass is 10.0. The van der Waals surface area contributed by atoms with Crippen LogP contribution in [0.4, 0.5) is 13.2 Å². The van der Waals surface area contributed by atoms with Crippen LogP contribution >= 0.6 is 0 Å². The summed E-state index contributed by atoms with van der Waals surface area (Å²) in [5.74, 6) is -0.989. The lowest BCUT2D eigenvalue weighted by molar-refractivity contribution is -0.143. The Balaban J connectivity index is 2.04. The fraction of sp³-hybridized carbons (Fsp3) is 0.273. The monoisotopic (exact) mass is 437 g/mol. The van der Waals surface area contributed by atoms with Crippen molar-refractivity contribution in [2.45, 2.75) is 32.0 Å². The van der Waals surface area contributed by atoms with Crippen molar-refractivity contribution in [2.24, 2.45) is 0 Å². The second kappa shape index (κ2) is 10.6. The predicted octanol–water partition coefficient (Wildman–Crippen LogP) is 4.56. The molecule has 2 aromatic rings. The Morgan fingerprint density at radius 1 is 0.903 bits per heavy atom. The zero-order valence-electron chi connectivity index (χ0n) is 16.8. The van der Waals surface area contributed by atoms with Crippen LogP contribution in [0.1, 0.15) is 25.3 Å². The molecule has 2 rings (SSSR count). The smallest absolute Gasteiger partial charge is 0.416 e. The van der Waals surface area contributed by atoms with Crippen LogP contribution in [0.2, 0.25) is 0 Å². The van der Waals surface area contributed by atoms with Crippen LogP contribution in [-0.2, 0) is 25.3 Å². The molecule has 0 aliphatic rings. The molecule has 0 fully saturated rings. The van der Waals surface area contributed by atoms with Crippen LogP contribution in [0.25, 0.3) is 0 Å². The van der Waals surface area contributed by atoms with E-state index in [0.717, 1.165) is 12.1 Å². The van der Waals surface area contributed by atoms with Gasteiger partial charge in [-0.05, 0) is 48.5 Å². The van der Waals surface area contributed by atoms with Gasteiger partial charge < -0.3 is 14.2 Å². The molecule has 0 bridgehead atoms. The second-order valence-corrected chi connectivity index (χ2v) is 6.33.